The van der Waals surface area contributed by atoms with Gasteiger partial charge in [0.05, 0.1) is 22.3 Å². The van der Waals surface area contributed by atoms with Crippen LogP contribution in [0.4, 0.5) is 5.82 Å². The highest BCUT2D eigenvalue weighted by Gasteiger charge is 2.55. The average molecular weight is 494 g/mol. The smallest absolute Gasteiger partial charge is 0.164 e. The molecule has 2 aliphatic heterocycles. The molecule has 4 atom stereocenters. The van der Waals surface area contributed by atoms with Gasteiger partial charge >= 0.3 is 0 Å². The van der Waals surface area contributed by atoms with E-state index in [0.29, 0.717) is 10.8 Å². The highest BCUT2D eigenvalue weighted by Crippen LogP contribution is 2.45. The lowest BCUT2D eigenvalue weighted by Crippen LogP contribution is -2.29. The number of hydrogen-bond acceptors (Lipinski definition) is 7. The van der Waals surface area contributed by atoms with E-state index in [0.717, 1.165) is 52.5 Å². The van der Waals surface area contributed by atoms with E-state index in [9.17, 15) is 0 Å². The summed E-state index contributed by atoms with van der Waals surface area (Å²) in [5, 5.41) is 2.48. The van der Waals surface area contributed by atoms with Crippen LogP contribution in [0, 0.1) is 0 Å². The third-order valence-corrected chi connectivity index (χ3v) is 7.21. The lowest BCUT2D eigenvalue weighted by molar-refractivity contribution is -0.196. The second-order valence-corrected chi connectivity index (χ2v) is 10.1. The molecule has 3 aromatic heterocycles. The zero-order chi connectivity index (χ0) is 24.3. The van der Waals surface area contributed by atoms with E-state index >= 15 is 0 Å². The van der Waals surface area contributed by atoms with Crippen LogP contribution in [0.1, 0.15) is 44.7 Å². The van der Waals surface area contributed by atoms with Crippen molar-refractivity contribution in [3.8, 4) is 0 Å². The summed E-state index contributed by atoms with van der Waals surface area (Å²) < 4.78 is 21.3. The van der Waals surface area contributed by atoms with Gasteiger partial charge in [-0.1, -0.05) is 30.7 Å². The molecule has 2 fully saturated rings. The third-order valence-electron chi connectivity index (χ3n) is 6.91. The first kappa shape index (κ1) is 22.7. The monoisotopic (exact) mass is 493 g/mol. The van der Waals surface area contributed by atoms with Gasteiger partial charge in [-0.15, -0.1) is 0 Å². The van der Waals surface area contributed by atoms with Gasteiger partial charge in [0.1, 0.15) is 30.0 Å². The molecule has 5 heterocycles. The largest absolute Gasteiger partial charge is 0.382 e. The Labute approximate surface area is 208 Å². The molecule has 2 aliphatic rings. The fraction of sp³-hybridized carbons (Fsp3) is 0.423. The quantitative estimate of drug-likeness (QED) is 0.425. The van der Waals surface area contributed by atoms with Crippen molar-refractivity contribution in [1.82, 2.24) is 19.5 Å². The Bertz CT molecular complexity index is 1420. The van der Waals surface area contributed by atoms with Crippen molar-refractivity contribution in [2.75, 3.05) is 5.73 Å². The molecule has 0 bridgehead atoms. The van der Waals surface area contributed by atoms with Crippen LogP contribution in [-0.4, -0.2) is 43.6 Å². The number of fused-ring (bicyclic) bond motifs is 3. The van der Waals surface area contributed by atoms with Crippen LogP contribution in [0.15, 0.2) is 42.9 Å². The summed E-state index contributed by atoms with van der Waals surface area (Å²) in [6.45, 7) is 6.00. The molecule has 2 saturated heterocycles. The molecule has 9 heteroatoms. The molecule has 0 saturated carbocycles. The summed E-state index contributed by atoms with van der Waals surface area (Å²) in [5.74, 6) is -0.333. The summed E-state index contributed by atoms with van der Waals surface area (Å²) in [6, 6.07) is 10.1. The number of aromatic nitrogens is 4. The molecule has 0 unspecified atom stereocenters. The van der Waals surface area contributed by atoms with Crippen LogP contribution in [0.25, 0.3) is 21.9 Å². The van der Waals surface area contributed by atoms with Crippen LogP contribution in [0.3, 0.4) is 0 Å². The Hall–Kier alpha value is -2.78. The van der Waals surface area contributed by atoms with Crippen LogP contribution in [0.2, 0.25) is 5.02 Å². The third kappa shape index (κ3) is 3.94. The molecule has 6 rings (SSSR count). The molecule has 2 N–H and O–H groups in total. The average Bonchev–Trinajstić information content (AvgIpc) is 3.49. The highest BCUT2D eigenvalue weighted by atomic mass is 35.5. The number of aryl methyl sites for hydroxylation is 2. The van der Waals surface area contributed by atoms with E-state index in [2.05, 4.69) is 44.6 Å². The number of nitrogens with zero attached hydrogens (tertiary/aromatic N) is 4. The lowest BCUT2D eigenvalue weighted by atomic mass is 10.0. The first-order chi connectivity index (χ1) is 16.8. The van der Waals surface area contributed by atoms with Gasteiger partial charge in [-0.25, -0.2) is 15.0 Å². The summed E-state index contributed by atoms with van der Waals surface area (Å²) >= 11 is 6.12. The van der Waals surface area contributed by atoms with Crippen LogP contribution in [0.5, 0.6) is 0 Å². The van der Waals surface area contributed by atoms with Crippen LogP contribution in [-0.2, 0) is 27.1 Å². The Morgan fingerprint density at radius 2 is 1.94 bits per heavy atom. The lowest BCUT2D eigenvalue weighted by Gasteiger charge is -2.25. The summed E-state index contributed by atoms with van der Waals surface area (Å²) in [5.41, 5.74) is 9.77. The number of halogens is 1. The SMILES string of the molecule is CCc1ncnc2c1ccn2[C@@H]1O[C@H](CCc2ccc3cc(Cl)c(N)nc3c2)[C@H]2OC(C)(C)O[C@H]21. The molecule has 0 radical (unpaired) electrons. The predicted octanol–water partition coefficient (Wildman–Crippen LogP) is 4.83. The molecule has 0 amide bonds. The normalized spacial score (nSPS) is 25.5. The summed E-state index contributed by atoms with van der Waals surface area (Å²) in [4.78, 5) is 13.4. The van der Waals surface area contributed by atoms with Crippen molar-refractivity contribution >= 4 is 39.4 Å². The number of pyridine rings is 1. The number of rotatable bonds is 5. The van der Waals surface area contributed by atoms with E-state index in [1.807, 2.05) is 32.2 Å². The van der Waals surface area contributed by atoms with Crippen LogP contribution < -0.4 is 5.73 Å². The zero-order valence-electron chi connectivity index (χ0n) is 19.9. The van der Waals surface area contributed by atoms with Crippen molar-refractivity contribution in [2.24, 2.45) is 0 Å². The van der Waals surface area contributed by atoms with Crippen molar-refractivity contribution in [3.63, 3.8) is 0 Å². The number of ether oxygens (including phenoxy) is 3. The van der Waals surface area contributed by atoms with Crippen molar-refractivity contribution in [2.45, 2.75) is 70.4 Å². The molecular weight excluding hydrogens is 466 g/mol. The fourth-order valence-corrected chi connectivity index (χ4v) is 5.45. The van der Waals surface area contributed by atoms with Gasteiger partial charge < -0.3 is 24.5 Å². The number of benzene rings is 1. The van der Waals surface area contributed by atoms with E-state index in [1.54, 1.807) is 6.33 Å². The Morgan fingerprint density at radius 3 is 2.77 bits per heavy atom. The minimum atomic E-state index is -0.675. The van der Waals surface area contributed by atoms with Gasteiger partial charge in [0.15, 0.2) is 12.0 Å². The van der Waals surface area contributed by atoms with Gasteiger partial charge in [0, 0.05) is 17.0 Å². The number of anilines is 1. The van der Waals surface area contributed by atoms with E-state index in [1.165, 1.54) is 0 Å². The summed E-state index contributed by atoms with van der Waals surface area (Å²) in [6.07, 6.45) is 5.19. The maximum atomic E-state index is 6.59. The Kier molecular flexibility index (Phi) is 5.45. The first-order valence-corrected chi connectivity index (χ1v) is 12.4. The van der Waals surface area contributed by atoms with Crippen molar-refractivity contribution < 1.29 is 14.2 Å². The molecule has 0 spiro atoms. The topological polar surface area (TPSA) is 97.3 Å². The summed E-state index contributed by atoms with van der Waals surface area (Å²) in [7, 11) is 0. The van der Waals surface area contributed by atoms with Gasteiger partial charge in [-0.2, -0.15) is 0 Å². The van der Waals surface area contributed by atoms with E-state index in [-0.39, 0.29) is 24.5 Å². The maximum absolute atomic E-state index is 6.59. The van der Waals surface area contributed by atoms with Crippen molar-refractivity contribution in [1.29, 1.82) is 0 Å². The molecule has 35 heavy (non-hydrogen) atoms. The number of nitrogen functional groups attached to an aromatic ring is 1. The molecular formula is C26H28ClN5O3. The van der Waals surface area contributed by atoms with Crippen molar-refractivity contribution in [3.05, 3.63) is 59.1 Å². The standard InChI is InChI=1S/C26H28ClN5O3/c1-4-18-16-9-10-32(24(16)30-13-29-18)25-22-21(34-26(2,3)35-22)20(33-25)8-6-14-5-7-15-12-17(27)23(28)31-19(15)11-14/h5,7,9-13,20-22,25H,4,6,8H2,1-3H3,(H2,28,31)/t20-,21-,22-,25-/m1/s1. The Morgan fingerprint density at radius 1 is 1.11 bits per heavy atom. The van der Waals surface area contributed by atoms with E-state index < -0.39 is 5.79 Å². The second kappa shape index (κ2) is 8.41. The zero-order valence-corrected chi connectivity index (χ0v) is 20.7. The van der Waals surface area contributed by atoms with Crippen LogP contribution >= 0.6 is 11.6 Å². The molecule has 4 aromatic rings. The second-order valence-electron chi connectivity index (χ2n) is 9.69. The first-order valence-electron chi connectivity index (χ1n) is 12.0. The van der Waals surface area contributed by atoms with E-state index in [4.69, 9.17) is 31.5 Å². The Balaban J connectivity index is 1.27. The molecule has 8 nitrogen and oxygen atoms in total. The van der Waals surface area contributed by atoms with Gasteiger partial charge in [0.2, 0.25) is 0 Å². The minimum absolute atomic E-state index is 0.129. The minimum Gasteiger partial charge on any atom is -0.382 e. The van der Waals surface area contributed by atoms with Gasteiger partial charge in [-0.05, 0) is 56.9 Å². The molecule has 1 aromatic carbocycles. The maximum Gasteiger partial charge on any atom is 0.164 e. The predicted molar refractivity (Wildman–Crippen MR) is 134 cm³/mol. The molecule has 0 aliphatic carbocycles. The van der Waals surface area contributed by atoms with Gasteiger partial charge in [-0.3, -0.25) is 0 Å². The molecule has 182 valence electrons. The number of hydrogen-bond donors (Lipinski definition) is 1. The van der Waals surface area contributed by atoms with Gasteiger partial charge in [0.25, 0.3) is 0 Å². The fourth-order valence-electron chi connectivity index (χ4n) is 5.29. The number of nitrogens with two attached hydrogens (primary N) is 1. The highest BCUT2D eigenvalue weighted by molar-refractivity contribution is 6.33.